The Morgan fingerprint density at radius 3 is 2.50 bits per heavy atom. The van der Waals surface area contributed by atoms with Crippen LogP contribution >= 0.6 is 24.0 Å². The van der Waals surface area contributed by atoms with Gasteiger partial charge < -0.3 is 10.1 Å². The monoisotopic (exact) mass is 235 g/mol. The summed E-state index contributed by atoms with van der Waals surface area (Å²) in [5.74, 6) is 0.351. The number of carbonyl (C=O) groups is 1. The van der Waals surface area contributed by atoms with Crippen LogP contribution in [0.3, 0.4) is 0 Å². The summed E-state index contributed by atoms with van der Waals surface area (Å²) in [7, 11) is 0. The van der Waals surface area contributed by atoms with Crippen molar-refractivity contribution in [1.29, 1.82) is 0 Å². The fraction of sp³-hybridized carbons (Fsp3) is 0.778. The van der Waals surface area contributed by atoms with E-state index < -0.39 is 6.09 Å². The molecule has 82 valence electrons. The molecule has 0 rings (SSSR count). The fourth-order valence-corrected chi connectivity index (χ4v) is 1.17. The van der Waals surface area contributed by atoms with Gasteiger partial charge in [0, 0.05) is 0 Å². The number of thiocarbonyl (C=S) groups is 1. The van der Waals surface area contributed by atoms with Gasteiger partial charge in [0.2, 0.25) is 0 Å². The summed E-state index contributed by atoms with van der Waals surface area (Å²) in [5.41, 5.74) is 0. The van der Waals surface area contributed by atoms with Gasteiger partial charge >= 0.3 is 6.09 Å². The third-order valence-electron chi connectivity index (χ3n) is 1.44. The van der Waals surface area contributed by atoms with Gasteiger partial charge in [0.25, 0.3) is 0 Å². The van der Waals surface area contributed by atoms with E-state index in [-0.39, 0.29) is 6.04 Å². The summed E-state index contributed by atoms with van der Waals surface area (Å²) in [4.78, 5) is 11.2. The molecule has 0 fully saturated rings. The number of amides is 1. The molecule has 0 aromatic heterocycles. The van der Waals surface area contributed by atoms with Crippen molar-refractivity contribution in [2.24, 2.45) is 5.92 Å². The maximum absolute atomic E-state index is 11.2. The van der Waals surface area contributed by atoms with Crippen LogP contribution < -0.4 is 5.32 Å². The van der Waals surface area contributed by atoms with Gasteiger partial charge in [-0.3, -0.25) is 0 Å². The van der Waals surface area contributed by atoms with Crippen molar-refractivity contribution in [2.45, 2.75) is 26.8 Å². The van der Waals surface area contributed by atoms with Gasteiger partial charge in [-0.1, -0.05) is 26.1 Å². The summed E-state index contributed by atoms with van der Waals surface area (Å²) >= 11 is 6.49. The van der Waals surface area contributed by atoms with Crippen molar-refractivity contribution in [2.75, 3.05) is 12.9 Å². The third kappa shape index (κ3) is 6.21. The van der Waals surface area contributed by atoms with E-state index in [1.165, 1.54) is 11.8 Å². The molecule has 0 aliphatic rings. The van der Waals surface area contributed by atoms with E-state index >= 15 is 0 Å². The minimum Gasteiger partial charge on any atom is -0.449 e. The number of ether oxygens (including phenoxy) is 1. The number of alkyl carbamates (subject to hydrolysis) is 1. The molecule has 14 heavy (non-hydrogen) atoms. The number of carbonyl (C=O) groups excluding carboxylic acids is 1. The predicted octanol–water partition coefficient (Wildman–Crippen LogP) is 2.45. The second-order valence-corrected chi connectivity index (χ2v) is 4.93. The second kappa shape index (κ2) is 7.06. The zero-order valence-electron chi connectivity index (χ0n) is 8.99. The van der Waals surface area contributed by atoms with Gasteiger partial charge in [-0.05, 0) is 19.1 Å². The van der Waals surface area contributed by atoms with Crippen LogP contribution in [-0.4, -0.2) is 29.2 Å². The van der Waals surface area contributed by atoms with Crippen LogP contribution in [0.2, 0.25) is 0 Å². The molecule has 0 aromatic rings. The number of nitrogens with one attached hydrogen (secondary N) is 1. The fourth-order valence-electron chi connectivity index (χ4n) is 0.696. The van der Waals surface area contributed by atoms with Crippen LogP contribution in [0, 0.1) is 5.92 Å². The van der Waals surface area contributed by atoms with Crippen LogP contribution in [0.15, 0.2) is 0 Å². The van der Waals surface area contributed by atoms with Crippen LogP contribution in [0.4, 0.5) is 4.79 Å². The summed E-state index contributed by atoms with van der Waals surface area (Å²) in [6.07, 6.45) is 1.49. The van der Waals surface area contributed by atoms with Crippen LogP contribution in [0.25, 0.3) is 0 Å². The van der Waals surface area contributed by atoms with Gasteiger partial charge in [0.05, 0.1) is 16.8 Å². The predicted molar refractivity (Wildman–Crippen MR) is 64.9 cm³/mol. The Bertz CT molecular complexity index is 207. The lowest BCUT2D eigenvalue weighted by molar-refractivity contribution is 0.132. The van der Waals surface area contributed by atoms with Crippen LogP contribution in [-0.2, 0) is 4.74 Å². The Morgan fingerprint density at radius 1 is 1.50 bits per heavy atom. The van der Waals surface area contributed by atoms with E-state index in [1.54, 1.807) is 0 Å². The maximum Gasteiger partial charge on any atom is 0.407 e. The van der Waals surface area contributed by atoms with Crippen molar-refractivity contribution in [3.05, 3.63) is 0 Å². The molecule has 0 unspecified atom stereocenters. The highest BCUT2D eigenvalue weighted by Gasteiger charge is 2.11. The average Bonchev–Trinajstić information content (AvgIpc) is 2.13. The second-order valence-electron chi connectivity index (χ2n) is 3.38. The molecule has 0 saturated heterocycles. The summed E-state index contributed by atoms with van der Waals surface area (Å²) in [6, 6.07) is -0.125. The first-order chi connectivity index (χ1) is 6.47. The maximum atomic E-state index is 11.2. The molecule has 1 amide bonds. The summed E-state index contributed by atoms with van der Waals surface area (Å²) in [5, 5.41) is 2.66. The molecule has 0 aliphatic heterocycles. The van der Waals surface area contributed by atoms with E-state index in [2.05, 4.69) is 5.32 Å². The zero-order chi connectivity index (χ0) is 11.1. The lowest BCUT2D eigenvalue weighted by Crippen LogP contribution is -2.37. The van der Waals surface area contributed by atoms with Gasteiger partial charge in [-0.2, -0.15) is 0 Å². The molecule has 5 heteroatoms. The molecule has 3 nitrogen and oxygen atoms in total. The molecule has 0 saturated carbocycles. The minimum atomic E-state index is -0.400. The van der Waals surface area contributed by atoms with Crippen molar-refractivity contribution in [3.63, 3.8) is 0 Å². The minimum absolute atomic E-state index is 0.125. The number of hydrogen-bond acceptors (Lipinski definition) is 4. The first-order valence-electron chi connectivity index (χ1n) is 4.48. The van der Waals surface area contributed by atoms with E-state index in [0.29, 0.717) is 12.5 Å². The number of hydrogen-bond donors (Lipinski definition) is 1. The van der Waals surface area contributed by atoms with E-state index in [9.17, 15) is 4.79 Å². The zero-order valence-corrected chi connectivity index (χ0v) is 10.6. The Kier molecular flexibility index (Phi) is 6.92. The highest BCUT2D eigenvalue weighted by atomic mass is 32.2. The molecule has 0 aliphatic carbocycles. The van der Waals surface area contributed by atoms with Gasteiger partial charge in [-0.25, -0.2) is 4.79 Å². The lowest BCUT2D eigenvalue weighted by Gasteiger charge is -2.14. The van der Waals surface area contributed by atoms with E-state index in [0.717, 1.165) is 4.20 Å². The highest BCUT2D eigenvalue weighted by Crippen LogP contribution is 2.03. The number of rotatable bonds is 4. The standard InChI is InChI=1S/C9H17NO2S2/c1-6(2)5-12-9(11)10-7(3)8(13)14-4/h6-7H,5H2,1-4H3,(H,10,11)/t7-/m0/s1. The molecule has 0 heterocycles. The Morgan fingerprint density at radius 2 is 2.07 bits per heavy atom. The summed E-state index contributed by atoms with van der Waals surface area (Å²) in [6.45, 7) is 6.26. The van der Waals surface area contributed by atoms with Gasteiger partial charge in [-0.15, -0.1) is 11.8 Å². The molecule has 1 atom stereocenters. The van der Waals surface area contributed by atoms with Crippen LogP contribution in [0.1, 0.15) is 20.8 Å². The SMILES string of the molecule is CSC(=S)[C@H](C)NC(=O)OCC(C)C. The summed E-state index contributed by atoms with van der Waals surface area (Å²) < 4.78 is 5.71. The smallest absolute Gasteiger partial charge is 0.407 e. The molecular formula is C9H17NO2S2. The Balaban J connectivity index is 3.77. The molecule has 0 radical (unpaired) electrons. The van der Waals surface area contributed by atoms with Gasteiger partial charge in [0.15, 0.2) is 0 Å². The normalized spacial score (nSPS) is 12.4. The Labute approximate surface area is 95.0 Å². The van der Waals surface area contributed by atoms with Gasteiger partial charge in [0.1, 0.15) is 0 Å². The van der Waals surface area contributed by atoms with E-state index in [1.807, 2.05) is 27.0 Å². The topological polar surface area (TPSA) is 38.3 Å². The molecule has 0 spiro atoms. The first kappa shape index (κ1) is 13.7. The van der Waals surface area contributed by atoms with E-state index in [4.69, 9.17) is 17.0 Å². The van der Waals surface area contributed by atoms with Crippen molar-refractivity contribution in [1.82, 2.24) is 5.32 Å². The average molecular weight is 235 g/mol. The molecule has 1 N–H and O–H groups in total. The molecule has 0 aromatic carbocycles. The van der Waals surface area contributed by atoms with Crippen molar-refractivity contribution >= 4 is 34.3 Å². The molecule has 0 bridgehead atoms. The third-order valence-corrected chi connectivity index (χ3v) is 3.05. The quantitative estimate of drug-likeness (QED) is 0.760. The van der Waals surface area contributed by atoms with Crippen LogP contribution in [0.5, 0.6) is 0 Å². The Hall–Kier alpha value is -0.290. The molecular weight excluding hydrogens is 218 g/mol. The lowest BCUT2D eigenvalue weighted by atomic mass is 10.2. The van der Waals surface area contributed by atoms with Crippen molar-refractivity contribution < 1.29 is 9.53 Å². The largest absolute Gasteiger partial charge is 0.449 e. The first-order valence-corrected chi connectivity index (χ1v) is 6.11. The van der Waals surface area contributed by atoms with Crippen molar-refractivity contribution in [3.8, 4) is 0 Å². The number of thioether (sulfide) groups is 1. The highest BCUT2D eigenvalue weighted by molar-refractivity contribution is 8.22.